The molecule has 0 unspecified atom stereocenters. The second kappa shape index (κ2) is 6.92. The number of carbonyl (C=O) groups is 1. The van der Waals surface area contributed by atoms with Crippen molar-refractivity contribution in [2.24, 2.45) is 0 Å². The fraction of sp³-hybridized carbons (Fsp3) is 0.533. The van der Waals surface area contributed by atoms with Crippen molar-refractivity contribution in [3.05, 3.63) is 34.3 Å². The fourth-order valence-corrected chi connectivity index (χ4v) is 2.00. The van der Waals surface area contributed by atoms with Crippen LogP contribution in [0.1, 0.15) is 38.3 Å². The van der Waals surface area contributed by atoms with Gasteiger partial charge in [-0.05, 0) is 44.9 Å². The van der Waals surface area contributed by atoms with Crippen LogP contribution in [-0.4, -0.2) is 18.0 Å². The Morgan fingerprint density at radius 2 is 2.00 bits per heavy atom. The average Bonchev–Trinajstić information content (AvgIpc) is 2.24. The second-order valence-corrected chi connectivity index (χ2v) is 6.23. The number of rotatable bonds is 5. The summed E-state index contributed by atoms with van der Waals surface area (Å²) < 4.78 is 0. The van der Waals surface area contributed by atoms with E-state index in [0.29, 0.717) is 19.5 Å². The Labute approximate surface area is 120 Å². The highest BCUT2D eigenvalue weighted by Crippen LogP contribution is 2.17. The number of benzene rings is 1. The van der Waals surface area contributed by atoms with E-state index in [1.807, 2.05) is 45.9 Å². The highest BCUT2D eigenvalue weighted by atomic mass is 35.5. The minimum absolute atomic E-state index is 0.0648. The van der Waals surface area contributed by atoms with E-state index in [1.165, 1.54) is 0 Å². The summed E-state index contributed by atoms with van der Waals surface area (Å²) >= 11 is 6.14. The molecule has 0 spiro atoms. The van der Waals surface area contributed by atoms with Gasteiger partial charge in [-0.25, -0.2) is 0 Å². The molecule has 0 atom stereocenters. The smallest absolute Gasteiger partial charge is 0.221 e. The van der Waals surface area contributed by atoms with Gasteiger partial charge in [0.1, 0.15) is 0 Å². The molecule has 19 heavy (non-hydrogen) atoms. The molecule has 0 aliphatic heterocycles. The molecule has 0 heterocycles. The first-order valence-electron chi connectivity index (χ1n) is 6.55. The minimum atomic E-state index is -0.169. The summed E-state index contributed by atoms with van der Waals surface area (Å²) in [7, 11) is 0. The van der Waals surface area contributed by atoms with Gasteiger partial charge >= 0.3 is 0 Å². The summed E-state index contributed by atoms with van der Waals surface area (Å²) in [6, 6.07) is 6.00. The van der Waals surface area contributed by atoms with Crippen molar-refractivity contribution in [2.45, 2.75) is 46.2 Å². The lowest BCUT2D eigenvalue weighted by atomic mass is 10.1. The van der Waals surface area contributed by atoms with Crippen molar-refractivity contribution in [3.8, 4) is 0 Å². The molecule has 0 aromatic heterocycles. The van der Waals surface area contributed by atoms with E-state index < -0.39 is 0 Å². The zero-order chi connectivity index (χ0) is 14.5. The summed E-state index contributed by atoms with van der Waals surface area (Å²) in [5.74, 6) is 0.0648. The number of halogens is 1. The van der Waals surface area contributed by atoms with Crippen LogP contribution in [0, 0.1) is 6.92 Å². The van der Waals surface area contributed by atoms with Crippen LogP contribution in [0.2, 0.25) is 5.02 Å². The Kier molecular flexibility index (Phi) is 5.83. The molecule has 0 aliphatic carbocycles. The molecule has 0 radical (unpaired) electrons. The van der Waals surface area contributed by atoms with Gasteiger partial charge in [-0.2, -0.15) is 0 Å². The maximum Gasteiger partial charge on any atom is 0.221 e. The first-order chi connectivity index (χ1) is 8.78. The molecule has 1 aromatic rings. The third-order valence-corrected chi connectivity index (χ3v) is 2.92. The predicted octanol–water partition coefficient (Wildman–Crippen LogP) is 3.04. The molecule has 0 aliphatic rings. The highest BCUT2D eigenvalue weighted by molar-refractivity contribution is 6.31. The maximum atomic E-state index is 11.6. The van der Waals surface area contributed by atoms with E-state index in [-0.39, 0.29) is 11.4 Å². The van der Waals surface area contributed by atoms with Crippen molar-refractivity contribution in [1.82, 2.24) is 10.6 Å². The Balaban J connectivity index is 2.29. The van der Waals surface area contributed by atoms with Crippen LogP contribution in [0.5, 0.6) is 0 Å². The van der Waals surface area contributed by atoms with Crippen molar-refractivity contribution in [2.75, 3.05) is 6.54 Å². The van der Waals surface area contributed by atoms with E-state index in [2.05, 4.69) is 10.6 Å². The monoisotopic (exact) mass is 282 g/mol. The molecule has 106 valence electrons. The molecule has 1 amide bonds. The summed E-state index contributed by atoms with van der Waals surface area (Å²) in [5.41, 5.74) is 2.04. The average molecular weight is 283 g/mol. The van der Waals surface area contributed by atoms with E-state index in [4.69, 9.17) is 11.6 Å². The van der Waals surface area contributed by atoms with Gasteiger partial charge < -0.3 is 10.6 Å². The van der Waals surface area contributed by atoms with Crippen LogP contribution < -0.4 is 10.6 Å². The molecule has 0 saturated carbocycles. The fourth-order valence-electron chi connectivity index (χ4n) is 1.70. The lowest BCUT2D eigenvalue weighted by molar-refractivity contribution is -0.122. The predicted molar refractivity (Wildman–Crippen MR) is 80.4 cm³/mol. The van der Waals surface area contributed by atoms with Gasteiger partial charge in [-0.3, -0.25) is 4.79 Å². The number of hydrogen-bond acceptors (Lipinski definition) is 2. The molecule has 0 saturated heterocycles. The van der Waals surface area contributed by atoms with E-state index >= 15 is 0 Å². The van der Waals surface area contributed by atoms with Gasteiger partial charge in [0.2, 0.25) is 5.91 Å². The zero-order valence-electron chi connectivity index (χ0n) is 12.1. The number of nitrogens with one attached hydrogen (secondary N) is 2. The molecule has 4 heteroatoms. The number of hydrogen-bond donors (Lipinski definition) is 2. The molecule has 0 fully saturated rings. The van der Waals surface area contributed by atoms with Gasteiger partial charge in [0.25, 0.3) is 0 Å². The SMILES string of the molecule is Cc1ccc(CNCCC(=O)NC(C)(C)C)c(Cl)c1. The van der Waals surface area contributed by atoms with Gasteiger partial charge in [0, 0.05) is 30.1 Å². The molecular weight excluding hydrogens is 260 g/mol. The van der Waals surface area contributed by atoms with Crippen LogP contribution >= 0.6 is 11.6 Å². The topological polar surface area (TPSA) is 41.1 Å². The Hall–Kier alpha value is -1.06. The van der Waals surface area contributed by atoms with Gasteiger partial charge in [0.05, 0.1) is 0 Å². The molecule has 0 bridgehead atoms. The molecular formula is C15H23ClN2O. The van der Waals surface area contributed by atoms with E-state index in [9.17, 15) is 4.79 Å². The lowest BCUT2D eigenvalue weighted by Crippen LogP contribution is -2.41. The first-order valence-corrected chi connectivity index (χ1v) is 6.92. The van der Waals surface area contributed by atoms with E-state index in [0.717, 1.165) is 16.1 Å². The zero-order valence-corrected chi connectivity index (χ0v) is 12.9. The first kappa shape index (κ1) is 16.0. The molecule has 1 aromatic carbocycles. The van der Waals surface area contributed by atoms with Crippen molar-refractivity contribution in [1.29, 1.82) is 0 Å². The van der Waals surface area contributed by atoms with Gasteiger partial charge in [0.15, 0.2) is 0 Å². The summed E-state index contributed by atoms with van der Waals surface area (Å²) in [5, 5.41) is 6.94. The largest absolute Gasteiger partial charge is 0.351 e. The van der Waals surface area contributed by atoms with Crippen LogP contribution in [0.3, 0.4) is 0 Å². The van der Waals surface area contributed by atoms with Crippen LogP contribution in [0.4, 0.5) is 0 Å². The number of amides is 1. The third-order valence-electron chi connectivity index (χ3n) is 2.57. The Bertz CT molecular complexity index is 438. The van der Waals surface area contributed by atoms with Crippen molar-refractivity contribution in [3.63, 3.8) is 0 Å². The van der Waals surface area contributed by atoms with Crippen LogP contribution in [0.15, 0.2) is 18.2 Å². The molecule has 3 nitrogen and oxygen atoms in total. The van der Waals surface area contributed by atoms with Gasteiger partial charge in [-0.1, -0.05) is 23.7 Å². The quantitative estimate of drug-likeness (QED) is 0.815. The van der Waals surface area contributed by atoms with Crippen LogP contribution in [-0.2, 0) is 11.3 Å². The van der Waals surface area contributed by atoms with Crippen LogP contribution in [0.25, 0.3) is 0 Å². The normalized spacial score (nSPS) is 11.4. The van der Waals surface area contributed by atoms with Crippen molar-refractivity contribution >= 4 is 17.5 Å². The lowest BCUT2D eigenvalue weighted by Gasteiger charge is -2.20. The Morgan fingerprint density at radius 1 is 1.32 bits per heavy atom. The summed E-state index contributed by atoms with van der Waals surface area (Å²) in [6.45, 7) is 9.27. The standard InChI is InChI=1S/C15H23ClN2O/c1-11-5-6-12(13(16)9-11)10-17-8-7-14(19)18-15(2,3)4/h5-6,9,17H,7-8,10H2,1-4H3,(H,18,19). The molecule has 2 N–H and O–H groups in total. The number of aryl methyl sites for hydroxylation is 1. The minimum Gasteiger partial charge on any atom is -0.351 e. The van der Waals surface area contributed by atoms with Gasteiger partial charge in [-0.15, -0.1) is 0 Å². The van der Waals surface area contributed by atoms with Crippen molar-refractivity contribution < 1.29 is 4.79 Å². The second-order valence-electron chi connectivity index (χ2n) is 5.82. The molecule has 1 rings (SSSR count). The Morgan fingerprint density at radius 3 is 2.58 bits per heavy atom. The summed E-state index contributed by atoms with van der Waals surface area (Å²) in [4.78, 5) is 11.6. The van der Waals surface area contributed by atoms with E-state index in [1.54, 1.807) is 0 Å². The highest BCUT2D eigenvalue weighted by Gasteiger charge is 2.12. The maximum absolute atomic E-state index is 11.6. The third kappa shape index (κ3) is 6.60. The summed E-state index contributed by atoms with van der Waals surface area (Å²) in [6.07, 6.45) is 0.473. The number of carbonyl (C=O) groups excluding carboxylic acids is 1.